The molecule has 28 heavy (non-hydrogen) atoms. The van der Waals surface area contributed by atoms with Crippen molar-refractivity contribution < 1.29 is 9.59 Å². The molecule has 0 unspecified atom stereocenters. The van der Waals surface area contributed by atoms with Crippen LogP contribution < -0.4 is 10.2 Å². The molecule has 148 valence electrons. The summed E-state index contributed by atoms with van der Waals surface area (Å²) in [6, 6.07) is 9.52. The highest BCUT2D eigenvalue weighted by molar-refractivity contribution is 6.03. The molecule has 7 nitrogen and oxygen atoms in total. The van der Waals surface area contributed by atoms with Crippen molar-refractivity contribution in [2.45, 2.75) is 33.6 Å². The van der Waals surface area contributed by atoms with Crippen LogP contribution in [0, 0.1) is 6.92 Å². The zero-order valence-electron chi connectivity index (χ0n) is 16.9. The molecule has 1 aliphatic rings. The molecule has 1 aromatic heterocycles. The summed E-state index contributed by atoms with van der Waals surface area (Å²) in [5, 5.41) is 11.3. The normalized spacial score (nSPS) is 14.3. The summed E-state index contributed by atoms with van der Waals surface area (Å²) in [5.74, 6) is 0.849. The minimum Gasteiger partial charge on any atom is -0.352 e. The van der Waals surface area contributed by atoms with Gasteiger partial charge in [-0.15, -0.1) is 10.2 Å². The molecule has 2 aromatic rings. The number of carbonyl (C=O) groups is 2. The number of amides is 2. The Kier molecular flexibility index (Phi) is 5.92. The van der Waals surface area contributed by atoms with Gasteiger partial charge in [-0.25, -0.2) is 0 Å². The highest BCUT2D eigenvalue weighted by atomic mass is 16.2. The maximum Gasteiger partial charge on any atom is 0.276 e. The van der Waals surface area contributed by atoms with Crippen LogP contribution in [-0.4, -0.2) is 53.1 Å². The van der Waals surface area contributed by atoms with Crippen LogP contribution in [0.25, 0.3) is 0 Å². The molecule has 0 radical (unpaired) electrons. The van der Waals surface area contributed by atoms with E-state index in [1.165, 1.54) is 0 Å². The van der Waals surface area contributed by atoms with Crippen molar-refractivity contribution in [3.05, 3.63) is 47.2 Å². The van der Waals surface area contributed by atoms with Crippen LogP contribution >= 0.6 is 0 Å². The van der Waals surface area contributed by atoms with Gasteiger partial charge in [0.25, 0.3) is 5.91 Å². The second kappa shape index (κ2) is 8.37. The summed E-state index contributed by atoms with van der Waals surface area (Å²) in [5.41, 5.74) is 3.24. The van der Waals surface area contributed by atoms with Crippen molar-refractivity contribution in [3.63, 3.8) is 0 Å². The topological polar surface area (TPSA) is 78.4 Å². The average Bonchev–Trinajstić information content (AvgIpc) is 2.69. The van der Waals surface area contributed by atoms with Crippen molar-refractivity contribution in [1.82, 2.24) is 15.1 Å². The van der Waals surface area contributed by atoms with E-state index in [1.807, 2.05) is 36.1 Å². The smallest absolute Gasteiger partial charge is 0.276 e. The predicted molar refractivity (Wildman–Crippen MR) is 110 cm³/mol. The molecular weight excluding hydrogens is 354 g/mol. The molecule has 0 aliphatic carbocycles. The number of hydrogen-bond donors (Lipinski definition) is 1. The maximum atomic E-state index is 12.7. The molecule has 1 fully saturated rings. The number of piperazine rings is 1. The number of carbonyl (C=O) groups excluding carboxylic acids is 2. The maximum absolute atomic E-state index is 12.7. The average molecular weight is 381 g/mol. The summed E-state index contributed by atoms with van der Waals surface area (Å²) >= 11 is 0. The Hall–Kier alpha value is -2.96. The number of aromatic nitrogens is 2. The Morgan fingerprint density at radius 1 is 1.04 bits per heavy atom. The first-order valence-corrected chi connectivity index (χ1v) is 9.62. The molecule has 1 aromatic carbocycles. The van der Waals surface area contributed by atoms with Crippen LogP contribution in [0.1, 0.15) is 48.3 Å². The van der Waals surface area contributed by atoms with Crippen LogP contribution in [0.5, 0.6) is 0 Å². The lowest BCUT2D eigenvalue weighted by Gasteiger charge is -2.34. The van der Waals surface area contributed by atoms with Crippen molar-refractivity contribution in [1.29, 1.82) is 0 Å². The first-order chi connectivity index (χ1) is 13.4. The van der Waals surface area contributed by atoms with E-state index >= 15 is 0 Å². The lowest BCUT2D eigenvalue weighted by Crippen LogP contribution is -2.48. The van der Waals surface area contributed by atoms with Gasteiger partial charge in [-0.2, -0.15) is 0 Å². The number of rotatable bonds is 4. The molecule has 0 spiro atoms. The van der Waals surface area contributed by atoms with E-state index in [0.717, 1.165) is 22.6 Å². The molecule has 0 bridgehead atoms. The minimum atomic E-state index is -0.267. The van der Waals surface area contributed by atoms with Gasteiger partial charge in [-0.3, -0.25) is 9.59 Å². The standard InChI is InChI=1S/C21H27N5O2/c1-14(2)17-7-5-6-15(3)20(17)22-21(28)18-8-9-19(24-23-18)26-12-10-25(11-13-26)16(4)27/h5-9,14H,10-13H2,1-4H3,(H,22,28). The lowest BCUT2D eigenvalue weighted by atomic mass is 9.98. The Morgan fingerprint density at radius 3 is 2.32 bits per heavy atom. The number of nitrogens with zero attached hydrogens (tertiary/aromatic N) is 4. The van der Waals surface area contributed by atoms with Gasteiger partial charge in [-0.1, -0.05) is 32.0 Å². The lowest BCUT2D eigenvalue weighted by molar-refractivity contribution is -0.129. The highest BCUT2D eigenvalue weighted by Crippen LogP contribution is 2.27. The molecule has 0 saturated carbocycles. The molecule has 2 amide bonds. The van der Waals surface area contributed by atoms with Gasteiger partial charge in [0.1, 0.15) is 0 Å². The second-order valence-electron chi connectivity index (χ2n) is 7.42. The zero-order chi connectivity index (χ0) is 20.3. The minimum absolute atomic E-state index is 0.0923. The van der Waals surface area contributed by atoms with Crippen molar-refractivity contribution in [2.75, 3.05) is 36.4 Å². The third-order valence-corrected chi connectivity index (χ3v) is 5.10. The number of benzene rings is 1. The molecule has 7 heteroatoms. The van der Waals surface area contributed by atoms with E-state index in [0.29, 0.717) is 32.1 Å². The van der Waals surface area contributed by atoms with E-state index in [4.69, 9.17) is 0 Å². The fraction of sp³-hybridized carbons (Fsp3) is 0.429. The second-order valence-corrected chi connectivity index (χ2v) is 7.42. The molecule has 1 saturated heterocycles. The molecule has 2 heterocycles. The van der Waals surface area contributed by atoms with Gasteiger partial charge < -0.3 is 15.1 Å². The summed E-state index contributed by atoms with van der Waals surface area (Å²) < 4.78 is 0. The Balaban J connectivity index is 1.69. The van der Waals surface area contributed by atoms with E-state index in [1.54, 1.807) is 13.0 Å². The van der Waals surface area contributed by atoms with Gasteiger partial charge in [0, 0.05) is 38.8 Å². The fourth-order valence-corrected chi connectivity index (χ4v) is 3.39. The first-order valence-electron chi connectivity index (χ1n) is 9.62. The number of aryl methyl sites for hydroxylation is 1. The number of anilines is 2. The highest BCUT2D eigenvalue weighted by Gasteiger charge is 2.20. The molecular formula is C21H27N5O2. The van der Waals surface area contributed by atoms with Gasteiger partial charge in [0.05, 0.1) is 0 Å². The molecule has 3 rings (SSSR count). The van der Waals surface area contributed by atoms with Crippen LogP contribution in [0.3, 0.4) is 0 Å². The number of para-hydroxylation sites is 1. The van der Waals surface area contributed by atoms with Crippen LogP contribution in [0.15, 0.2) is 30.3 Å². The first kappa shape index (κ1) is 19.8. The third-order valence-electron chi connectivity index (χ3n) is 5.10. The zero-order valence-corrected chi connectivity index (χ0v) is 16.9. The molecule has 1 N–H and O–H groups in total. The summed E-state index contributed by atoms with van der Waals surface area (Å²) in [7, 11) is 0. The SMILES string of the molecule is CC(=O)N1CCN(c2ccc(C(=O)Nc3c(C)cccc3C(C)C)nn2)CC1. The van der Waals surface area contributed by atoms with Gasteiger partial charge in [0.2, 0.25) is 5.91 Å². The summed E-state index contributed by atoms with van der Waals surface area (Å²) in [6.45, 7) is 10.5. The largest absolute Gasteiger partial charge is 0.352 e. The number of nitrogens with one attached hydrogen (secondary N) is 1. The van der Waals surface area contributed by atoms with Crippen molar-refractivity contribution in [3.8, 4) is 0 Å². The predicted octanol–water partition coefficient (Wildman–Crippen LogP) is 2.83. The number of hydrogen-bond acceptors (Lipinski definition) is 5. The van der Waals surface area contributed by atoms with Crippen LogP contribution in [-0.2, 0) is 4.79 Å². The van der Waals surface area contributed by atoms with Crippen molar-refractivity contribution in [2.24, 2.45) is 0 Å². The van der Waals surface area contributed by atoms with Gasteiger partial charge in [-0.05, 0) is 36.1 Å². The summed E-state index contributed by atoms with van der Waals surface area (Å²) in [6.07, 6.45) is 0. The molecule has 0 atom stereocenters. The Bertz CT molecular complexity index is 856. The summed E-state index contributed by atoms with van der Waals surface area (Å²) in [4.78, 5) is 28.0. The van der Waals surface area contributed by atoms with Gasteiger partial charge >= 0.3 is 0 Å². The third kappa shape index (κ3) is 4.30. The van der Waals surface area contributed by atoms with E-state index in [9.17, 15) is 9.59 Å². The van der Waals surface area contributed by atoms with E-state index in [2.05, 4.69) is 34.3 Å². The van der Waals surface area contributed by atoms with E-state index < -0.39 is 0 Å². The Morgan fingerprint density at radius 2 is 1.75 bits per heavy atom. The fourth-order valence-electron chi connectivity index (χ4n) is 3.39. The van der Waals surface area contributed by atoms with Crippen LogP contribution in [0.4, 0.5) is 11.5 Å². The molecule has 1 aliphatic heterocycles. The van der Waals surface area contributed by atoms with E-state index in [-0.39, 0.29) is 17.5 Å². The van der Waals surface area contributed by atoms with Crippen molar-refractivity contribution >= 4 is 23.3 Å². The van der Waals surface area contributed by atoms with Gasteiger partial charge in [0.15, 0.2) is 11.5 Å². The monoisotopic (exact) mass is 381 g/mol. The Labute approximate surface area is 165 Å². The van der Waals surface area contributed by atoms with Crippen LogP contribution in [0.2, 0.25) is 0 Å². The quantitative estimate of drug-likeness (QED) is 0.881.